The second kappa shape index (κ2) is 7.35. The number of para-hydroxylation sites is 2. The number of aliphatic hydroxyl groups excluding tert-OH is 1. The number of aliphatic hydroxyl groups is 1. The molecule has 6 nitrogen and oxygen atoms in total. The van der Waals surface area contributed by atoms with E-state index in [0.29, 0.717) is 47.8 Å². The van der Waals surface area contributed by atoms with Gasteiger partial charge in [0.05, 0.1) is 18.3 Å². The highest BCUT2D eigenvalue weighted by atomic mass is 16.5. The molecule has 0 radical (unpaired) electrons. The van der Waals surface area contributed by atoms with Crippen LogP contribution in [0.3, 0.4) is 0 Å². The van der Waals surface area contributed by atoms with Gasteiger partial charge in [-0.1, -0.05) is 48.0 Å². The molecule has 0 unspecified atom stereocenters. The average molecular weight is 573 g/mol. The molecule has 220 valence electrons. The molecule has 2 spiro atoms. The maximum Gasteiger partial charge on any atom is 0.138 e. The first-order valence-corrected chi connectivity index (χ1v) is 17.1. The van der Waals surface area contributed by atoms with Crippen molar-refractivity contribution in [3.05, 3.63) is 83.1 Å². The summed E-state index contributed by atoms with van der Waals surface area (Å²) in [6.07, 6.45) is 8.95. The number of anilines is 2. The van der Waals surface area contributed by atoms with Gasteiger partial charge in [-0.15, -0.1) is 0 Å². The summed E-state index contributed by atoms with van der Waals surface area (Å²) >= 11 is 0. The molecular weight excluding hydrogens is 532 g/mol. The first-order valence-electron chi connectivity index (χ1n) is 17.1. The van der Waals surface area contributed by atoms with Gasteiger partial charge in [0.15, 0.2) is 0 Å². The van der Waals surface area contributed by atoms with Crippen LogP contribution in [0.4, 0.5) is 11.4 Å². The van der Waals surface area contributed by atoms with Crippen LogP contribution in [0.1, 0.15) is 43.7 Å². The van der Waals surface area contributed by atoms with Gasteiger partial charge in [-0.05, 0) is 86.4 Å². The molecule has 10 aliphatic rings. The van der Waals surface area contributed by atoms with Crippen LogP contribution < -0.4 is 9.80 Å². The lowest BCUT2D eigenvalue weighted by atomic mass is 9.51. The summed E-state index contributed by atoms with van der Waals surface area (Å²) in [5.74, 6) is 1.66. The normalized spacial score (nSPS) is 50.6. The number of allylic oxidation sites excluding steroid dienone is 1. The Hall–Kier alpha value is -2.80. The maximum absolute atomic E-state index is 10.7. The first kappa shape index (κ1) is 23.6. The topological polar surface area (TPSA) is 42.4 Å². The third kappa shape index (κ3) is 2.25. The average Bonchev–Trinajstić information content (AvgIpc) is 3.80. The Morgan fingerprint density at radius 3 is 1.79 bits per heavy atom. The summed E-state index contributed by atoms with van der Waals surface area (Å²) in [5, 5.41) is 10.7. The summed E-state index contributed by atoms with van der Waals surface area (Å²) in [4.78, 5) is 11.3. The van der Waals surface area contributed by atoms with E-state index >= 15 is 0 Å². The Balaban J connectivity index is 1.16. The summed E-state index contributed by atoms with van der Waals surface area (Å²) in [6.45, 7) is 6.66. The van der Waals surface area contributed by atoms with E-state index in [4.69, 9.17) is 4.74 Å². The molecule has 6 heteroatoms. The van der Waals surface area contributed by atoms with Gasteiger partial charge in [0.2, 0.25) is 0 Å². The molecule has 0 amide bonds. The largest absolute Gasteiger partial charge is 0.516 e. The van der Waals surface area contributed by atoms with Crippen LogP contribution in [0.15, 0.2) is 72.0 Å². The van der Waals surface area contributed by atoms with E-state index in [0.717, 1.165) is 26.1 Å². The van der Waals surface area contributed by atoms with Gasteiger partial charge >= 0.3 is 0 Å². The number of piperidine rings is 2. The molecule has 6 bridgehead atoms. The fourth-order valence-electron chi connectivity index (χ4n) is 14.0. The Labute approximate surface area is 253 Å². The van der Waals surface area contributed by atoms with E-state index in [1.807, 2.05) is 0 Å². The second-order valence-electron chi connectivity index (χ2n) is 15.6. The van der Waals surface area contributed by atoms with Crippen molar-refractivity contribution in [1.82, 2.24) is 9.80 Å². The number of hydrogen-bond donors (Lipinski definition) is 1. The molecule has 12 atom stereocenters. The van der Waals surface area contributed by atoms with Gasteiger partial charge in [-0.2, -0.15) is 0 Å². The minimum atomic E-state index is 0.0363. The van der Waals surface area contributed by atoms with Gasteiger partial charge in [0.1, 0.15) is 12.5 Å². The molecule has 0 aromatic heterocycles. The summed E-state index contributed by atoms with van der Waals surface area (Å²) in [6, 6.07) is 21.0. The zero-order valence-electron chi connectivity index (χ0n) is 24.8. The number of fused-ring (bicyclic) bond motifs is 14. The van der Waals surface area contributed by atoms with Gasteiger partial charge < -0.3 is 19.6 Å². The SMILES string of the molecule is CC=C1CN2CC[C@]34c5ccccc5N5[C@@H]6O[C@H]([C@H]([C@H]53)[C@H]1C[C@H]24)N1c2ccccc2[C@]23CCN4C/C(=C/O)[C@H](C[C@H]42)[C@H]6[C@H]13. The van der Waals surface area contributed by atoms with Crippen LogP contribution >= 0.6 is 0 Å². The number of nitrogens with zero attached hydrogens (tertiary/aromatic N) is 4. The van der Waals surface area contributed by atoms with Crippen molar-refractivity contribution >= 4 is 11.4 Å². The Bertz CT molecular complexity index is 1560. The first-order chi connectivity index (χ1) is 21.2. The van der Waals surface area contributed by atoms with Crippen molar-refractivity contribution < 1.29 is 9.84 Å². The standard InChI is InChI=1S/C37H40N4O2/c1-2-20-17-38-13-11-36-24-7-3-5-9-26(24)40-32(36)30(22(20)15-28(36)38)34-41-27-10-6-4-8-25(27)37-12-14-39-18-21(19-42)23(16-29(37)39)31(33(37)41)35(40)43-34/h2-10,19,22-23,28-35,42H,11-18H2,1H3/b20-2?,21-19-/t22-,23-,28-,29-,30-,31-,32-,33-,34+,35+,36+,37+/m0/s1. The van der Waals surface area contributed by atoms with Crippen molar-refractivity contribution in [2.45, 2.75) is 80.1 Å². The van der Waals surface area contributed by atoms with Crippen LogP contribution in [-0.2, 0) is 15.6 Å². The maximum atomic E-state index is 10.7. The summed E-state index contributed by atoms with van der Waals surface area (Å²) in [7, 11) is 0. The van der Waals surface area contributed by atoms with E-state index in [1.165, 1.54) is 49.0 Å². The zero-order chi connectivity index (χ0) is 28.0. The van der Waals surface area contributed by atoms with Crippen LogP contribution in [-0.4, -0.2) is 77.7 Å². The number of ether oxygens (including phenoxy) is 1. The molecule has 8 fully saturated rings. The van der Waals surface area contributed by atoms with Crippen molar-refractivity contribution in [1.29, 1.82) is 0 Å². The fourth-order valence-corrected chi connectivity index (χ4v) is 14.0. The minimum Gasteiger partial charge on any atom is -0.516 e. The van der Waals surface area contributed by atoms with Crippen LogP contribution in [0.25, 0.3) is 0 Å². The van der Waals surface area contributed by atoms with Gasteiger partial charge in [0, 0.05) is 59.2 Å². The van der Waals surface area contributed by atoms with Crippen molar-refractivity contribution in [2.75, 3.05) is 36.0 Å². The van der Waals surface area contributed by atoms with E-state index in [2.05, 4.69) is 81.1 Å². The predicted molar refractivity (Wildman–Crippen MR) is 165 cm³/mol. The molecule has 2 saturated carbocycles. The van der Waals surface area contributed by atoms with Gasteiger partial charge in [0.25, 0.3) is 0 Å². The lowest BCUT2D eigenvalue weighted by molar-refractivity contribution is -0.198. The molecular formula is C37H40N4O2. The molecule has 8 aliphatic heterocycles. The lowest BCUT2D eigenvalue weighted by Gasteiger charge is -2.69. The quantitative estimate of drug-likeness (QED) is 0.363. The smallest absolute Gasteiger partial charge is 0.138 e. The minimum absolute atomic E-state index is 0.0363. The molecule has 6 saturated heterocycles. The third-order valence-electron chi connectivity index (χ3n) is 15.1. The monoisotopic (exact) mass is 572 g/mol. The van der Waals surface area contributed by atoms with E-state index in [9.17, 15) is 5.11 Å². The molecule has 2 aliphatic carbocycles. The van der Waals surface area contributed by atoms with Crippen LogP contribution in [0.5, 0.6) is 0 Å². The highest BCUT2D eigenvalue weighted by Gasteiger charge is 2.78. The summed E-state index contributed by atoms with van der Waals surface area (Å²) < 4.78 is 7.70. The highest BCUT2D eigenvalue weighted by molar-refractivity contribution is 5.73. The summed E-state index contributed by atoms with van der Waals surface area (Å²) in [5.41, 5.74) is 9.31. The molecule has 43 heavy (non-hydrogen) atoms. The van der Waals surface area contributed by atoms with Crippen LogP contribution in [0.2, 0.25) is 0 Å². The molecule has 8 heterocycles. The van der Waals surface area contributed by atoms with Gasteiger partial charge in [-0.3, -0.25) is 9.80 Å². The van der Waals surface area contributed by atoms with Gasteiger partial charge in [-0.25, -0.2) is 0 Å². The predicted octanol–water partition coefficient (Wildman–Crippen LogP) is 4.77. The highest BCUT2D eigenvalue weighted by Crippen LogP contribution is 2.72. The molecule has 2 aromatic carbocycles. The van der Waals surface area contributed by atoms with Crippen molar-refractivity contribution in [2.24, 2.45) is 23.7 Å². The molecule has 2 aromatic rings. The lowest BCUT2D eigenvalue weighted by Crippen LogP contribution is -2.81. The molecule has 1 N–H and O–H groups in total. The Morgan fingerprint density at radius 2 is 1.26 bits per heavy atom. The van der Waals surface area contributed by atoms with E-state index < -0.39 is 0 Å². The zero-order valence-corrected chi connectivity index (χ0v) is 24.8. The third-order valence-corrected chi connectivity index (χ3v) is 15.1. The molecule has 12 rings (SSSR count). The Morgan fingerprint density at radius 1 is 0.744 bits per heavy atom. The van der Waals surface area contributed by atoms with E-state index in [1.54, 1.807) is 16.7 Å². The number of rotatable bonds is 0. The fraction of sp³-hybridized carbons (Fsp3) is 0.568. The number of benzene rings is 2. The second-order valence-corrected chi connectivity index (χ2v) is 15.6. The van der Waals surface area contributed by atoms with Crippen LogP contribution in [0, 0.1) is 23.7 Å². The van der Waals surface area contributed by atoms with E-state index in [-0.39, 0.29) is 23.3 Å². The van der Waals surface area contributed by atoms with Crippen molar-refractivity contribution in [3.8, 4) is 0 Å². The van der Waals surface area contributed by atoms with Crippen molar-refractivity contribution in [3.63, 3.8) is 0 Å². The number of hydrogen-bond acceptors (Lipinski definition) is 6. The Kier molecular flexibility index (Phi) is 4.03.